The standard InChI is InChI=1S/C15H11NO.C6H6O3S/c17-15-8-4-2-6-12(15)14-10-9-11-5-1-3-7-13(11)16-14;7-10(8,9)6-4-2-1-3-5-6/h1-10,17H;1-5H,(H,7,8,9). The topological polar surface area (TPSA) is 87.5 Å². The number of benzene rings is 3. The molecule has 5 nitrogen and oxygen atoms in total. The highest BCUT2D eigenvalue weighted by Crippen LogP contribution is 2.28. The van der Waals surface area contributed by atoms with Gasteiger partial charge in [0, 0.05) is 10.9 Å². The number of hydrogen-bond acceptors (Lipinski definition) is 4. The number of phenolic OH excluding ortho intramolecular Hbond substituents is 1. The first-order valence-corrected chi connectivity index (χ1v) is 9.56. The minimum atomic E-state index is -4.00. The van der Waals surface area contributed by atoms with Crippen molar-refractivity contribution in [2.45, 2.75) is 4.90 Å². The van der Waals surface area contributed by atoms with Crippen LogP contribution in [0.5, 0.6) is 5.75 Å². The van der Waals surface area contributed by atoms with Gasteiger partial charge in [-0.15, -0.1) is 0 Å². The van der Waals surface area contributed by atoms with E-state index in [9.17, 15) is 13.5 Å². The van der Waals surface area contributed by atoms with Gasteiger partial charge in [-0.3, -0.25) is 4.55 Å². The van der Waals surface area contributed by atoms with E-state index in [2.05, 4.69) is 4.98 Å². The largest absolute Gasteiger partial charge is 0.507 e. The van der Waals surface area contributed by atoms with Crippen molar-refractivity contribution >= 4 is 21.0 Å². The summed E-state index contributed by atoms with van der Waals surface area (Å²) in [5.41, 5.74) is 2.49. The molecule has 1 aromatic heterocycles. The fourth-order valence-electron chi connectivity index (χ4n) is 2.50. The van der Waals surface area contributed by atoms with Crippen LogP contribution in [0.1, 0.15) is 0 Å². The number of fused-ring (bicyclic) bond motifs is 1. The molecule has 2 N–H and O–H groups in total. The van der Waals surface area contributed by atoms with Crippen molar-refractivity contribution in [1.82, 2.24) is 4.98 Å². The lowest BCUT2D eigenvalue weighted by atomic mass is 10.1. The van der Waals surface area contributed by atoms with Crippen molar-refractivity contribution in [1.29, 1.82) is 0 Å². The number of nitrogens with zero attached hydrogens (tertiary/aromatic N) is 1. The normalized spacial score (nSPS) is 10.9. The molecule has 0 amide bonds. The van der Waals surface area contributed by atoms with Crippen LogP contribution >= 0.6 is 0 Å². The van der Waals surface area contributed by atoms with E-state index in [-0.39, 0.29) is 10.6 Å². The third-order valence-corrected chi connectivity index (χ3v) is 4.69. The monoisotopic (exact) mass is 379 g/mol. The predicted molar refractivity (Wildman–Crippen MR) is 105 cm³/mol. The molecule has 6 heteroatoms. The van der Waals surface area contributed by atoms with Gasteiger partial charge in [0.25, 0.3) is 10.1 Å². The Bertz CT molecular complexity index is 1160. The SMILES string of the molecule is O=S(=O)(O)c1ccccc1.Oc1ccccc1-c1ccc2ccccc2n1. The summed E-state index contributed by atoms with van der Waals surface area (Å²) in [6.07, 6.45) is 0. The average Bonchev–Trinajstić information content (AvgIpc) is 2.69. The van der Waals surface area contributed by atoms with Crippen LogP contribution in [0.4, 0.5) is 0 Å². The minimum absolute atomic E-state index is 0.0741. The molecule has 0 aliphatic heterocycles. The summed E-state index contributed by atoms with van der Waals surface area (Å²) >= 11 is 0. The Hall–Kier alpha value is -3.22. The van der Waals surface area contributed by atoms with E-state index in [1.165, 1.54) is 12.1 Å². The summed E-state index contributed by atoms with van der Waals surface area (Å²) < 4.78 is 29.2. The Labute approximate surface area is 157 Å². The van der Waals surface area contributed by atoms with E-state index in [0.29, 0.717) is 0 Å². The molecule has 3 aromatic carbocycles. The van der Waals surface area contributed by atoms with Gasteiger partial charge in [-0.05, 0) is 36.4 Å². The molecular formula is C21H17NO4S. The van der Waals surface area contributed by atoms with Crippen molar-refractivity contribution in [2.24, 2.45) is 0 Å². The van der Waals surface area contributed by atoms with Crippen molar-refractivity contribution < 1.29 is 18.1 Å². The molecule has 4 aromatic rings. The fraction of sp³-hybridized carbons (Fsp3) is 0. The van der Waals surface area contributed by atoms with Crippen molar-refractivity contribution in [3.8, 4) is 17.0 Å². The highest BCUT2D eigenvalue weighted by Gasteiger charge is 2.06. The third kappa shape index (κ3) is 4.69. The Morgan fingerprint density at radius 3 is 2.00 bits per heavy atom. The summed E-state index contributed by atoms with van der Waals surface area (Å²) in [6.45, 7) is 0. The van der Waals surface area contributed by atoms with Crippen LogP contribution in [0, 0.1) is 0 Å². The van der Waals surface area contributed by atoms with Gasteiger partial charge in [0.05, 0.1) is 16.1 Å². The molecule has 0 saturated carbocycles. The summed E-state index contributed by atoms with van der Waals surface area (Å²) in [5, 5.41) is 10.9. The maximum Gasteiger partial charge on any atom is 0.294 e. The van der Waals surface area contributed by atoms with Crippen LogP contribution in [0.25, 0.3) is 22.2 Å². The van der Waals surface area contributed by atoms with Crippen LogP contribution in [0.15, 0.2) is 95.9 Å². The van der Waals surface area contributed by atoms with Gasteiger partial charge in [0.1, 0.15) is 5.75 Å². The van der Waals surface area contributed by atoms with Crippen LogP contribution in [0.3, 0.4) is 0 Å². The number of pyridine rings is 1. The molecule has 0 unspecified atom stereocenters. The van der Waals surface area contributed by atoms with E-state index in [1.54, 1.807) is 30.3 Å². The fourth-order valence-corrected chi connectivity index (χ4v) is 3.00. The molecule has 0 aliphatic carbocycles. The third-order valence-electron chi connectivity index (χ3n) is 3.82. The lowest BCUT2D eigenvalue weighted by Gasteiger charge is -2.04. The lowest BCUT2D eigenvalue weighted by molar-refractivity contribution is 0.477. The maximum absolute atomic E-state index is 10.4. The number of aromatic hydroxyl groups is 1. The average molecular weight is 379 g/mol. The van der Waals surface area contributed by atoms with Gasteiger partial charge in [-0.1, -0.05) is 54.6 Å². The molecule has 0 radical (unpaired) electrons. The smallest absolute Gasteiger partial charge is 0.294 e. The maximum atomic E-state index is 10.4. The molecule has 1 heterocycles. The highest BCUT2D eigenvalue weighted by atomic mass is 32.2. The molecule has 0 aliphatic rings. The van der Waals surface area contributed by atoms with Crippen LogP contribution in [-0.2, 0) is 10.1 Å². The van der Waals surface area contributed by atoms with E-state index < -0.39 is 10.1 Å². The molecule has 4 rings (SSSR count). The molecule has 0 spiro atoms. The van der Waals surface area contributed by atoms with Gasteiger partial charge in [0.2, 0.25) is 0 Å². The Morgan fingerprint density at radius 1 is 0.704 bits per heavy atom. The van der Waals surface area contributed by atoms with E-state index in [1.807, 2.05) is 48.5 Å². The van der Waals surface area contributed by atoms with Crippen LogP contribution < -0.4 is 0 Å². The number of aromatic nitrogens is 1. The zero-order chi connectivity index (χ0) is 19.3. The van der Waals surface area contributed by atoms with E-state index in [0.717, 1.165) is 22.2 Å². The molecule has 0 bridgehead atoms. The zero-order valence-electron chi connectivity index (χ0n) is 14.2. The quantitative estimate of drug-likeness (QED) is 0.499. The highest BCUT2D eigenvalue weighted by molar-refractivity contribution is 7.85. The Kier molecular flexibility index (Phi) is 5.49. The number of phenols is 1. The zero-order valence-corrected chi connectivity index (χ0v) is 15.0. The summed E-state index contributed by atoms with van der Waals surface area (Å²) in [4.78, 5) is 4.47. The van der Waals surface area contributed by atoms with Gasteiger partial charge in [-0.2, -0.15) is 8.42 Å². The second-order valence-electron chi connectivity index (χ2n) is 5.69. The Balaban J connectivity index is 0.000000180. The first-order valence-electron chi connectivity index (χ1n) is 8.12. The van der Waals surface area contributed by atoms with Gasteiger partial charge < -0.3 is 5.11 Å². The summed E-state index contributed by atoms with van der Waals surface area (Å²) in [6, 6.07) is 26.6. The second-order valence-corrected chi connectivity index (χ2v) is 7.12. The van der Waals surface area contributed by atoms with Gasteiger partial charge in [0.15, 0.2) is 0 Å². The predicted octanol–water partition coefficient (Wildman–Crippen LogP) is 4.54. The summed E-state index contributed by atoms with van der Waals surface area (Å²) in [7, 11) is -4.00. The molecule has 136 valence electrons. The Morgan fingerprint density at radius 2 is 1.33 bits per heavy atom. The van der Waals surface area contributed by atoms with E-state index >= 15 is 0 Å². The molecule has 0 saturated heterocycles. The van der Waals surface area contributed by atoms with Crippen molar-refractivity contribution in [3.05, 3.63) is 91.0 Å². The second kappa shape index (κ2) is 7.99. The first kappa shape index (κ1) is 18.6. The van der Waals surface area contributed by atoms with Crippen LogP contribution in [-0.4, -0.2) is 23.1 Å². The minimum Gasteiger partial charge on any atom is -0.507 e. The van der Waals surface area contributed by atoms with Crippen molar-refractivity contribution in [3.63, 3.8) is 0 Å². The first-order chi connectivity index (χ1) is 12.9. The van der Waals surface area contributed by atoms with Crippen molar-refractivity contribution in [2.75, 3.05) is 0 Å². The lowest BCUT2D eigenvalue weighted by Crippen LogP contribution is -1.96. The van der Waals surface area contributed by atoms with Gasteiger partial charge >= 0.3 is 0 Å². The number of rotatable bonds is 2. The van der Waals surface area contributed by atoms with E-state index in [4.69, 9.17) is 4.55 Å². The number of para-hydroxylation sites is 2. The molecule has 0 fully saturated rings. The van der Waals surface area contributed by atoms with Gasteiger partial charge in [-0.25, -0.2) is 4.98 Å². The number of hydrogen-bond donors (Lipinski definition) is 2. The van der Waals surface area contributed by atoms with Crippen LogP contribution in [0.2, 0.25) is 0 Å². The summed E-state index contributed by atoms with van der Waals surface area (Å²) in [5.74, 6) is 0.260. The molecule has 0 atom stereocenters. The molecule has 27 heavy (non-hydrogen) atoms. The molecular weight excluding hydrogens is 362 g/mol.